The van der Waals surface area contributed by atoms with E-state index in [4.69, 9.17) is 4.74 Å². The number of aryl methyl sites for hydroxylation is 3. The van der Waals surface area contributed by atoms with Gasteiger partial charge in [0, 0.05) is 0 Å². The van der Waals surface area contributed by atoms with Crippen LogP contribution in [0.2, 0.25) is 0 Å². The Morgan fingerprint density at radius 2 is 1.75 bits per heavy atom. The van der Waals surface area contributed by atoms with Crippen LogP contribution in [0.15, 0.2) is 12.1 Å². The molecular formula is C17H27NO2. The first-order valence-electron chi connectivity index (χ1n) is 7.37. The van der Waals surface area contributed by atoms with E-state index in [1.807, 2.05) is 13.8 Å². The summed E-state index contributed by atoms with van der Waals surface area (Å²) in [5.74, 6) is -0.205. The minimum absolute atomic E-state index is 0.205. The van der Waals surface area contributed by atoms with Crippen LogP contribution in [-0.4, -0.2) is 19.1 Å². The van der Waals surface area contributed by atoms with E-state index in [0.29, 0.717) is 6.61 Å². The first kappa shape index (κ1) is 16.7. The zero-order valence-corrected chi connectivity index (χ0v) is 13.6. The minimum atomic E-state index is -0.784. The second-order valence-electron chi connectivity index (χ2n) is 5.55. The molecule has 1 atom stereocenters. The van der Waals surface area contributed by atoms with Gasteiger partial charge in [-0.3, -0.25) is 5.32 Å². The van der Waals surface area contributed by atoms with Gasteiger partial charge in [-0.1, -0.05) is 24.6 Å². The summed E-state index contributed by atoms with van der Waals surface area (Å²) in [5, 5.41) is 3.37. The lowest BCUT2D eigenvalue weighted by Crippen LogP contribution is -2.49. The first-order valence-corrected chi connectivity index (χ1v) is 7.37. The zero-order chi connectivity index (χ0) is 15.3. The Balaban J connectivity index is 3.33. The summed E-state index contributed by atoms with van der Waals surface area (Å²) >= 11 is 0. The van der Waals surface area contributed by atoms with Crippen LogP contribution in [-0.2, 0) is 15.1 Å². The summed E-state index contributed by atoms with van der Waals surface area (Å²) < 4.78 is 5.30. The van der Waals surface area contributed by atoms with Crippen molar-refractivity contribution >= 4 is 5.97 Å². The summed E-state index contributed by atoms with van der Waals surface area (Å²) in [6.07, 6.45) is 0.971. The summed E-state index contributed by atoms with van der Waals surface area (Å²) in [4.78, 5) is 12.5. The first-order chi connectivity index (χ1) is 9.36. The number of esters is 1. The number of hydrogen-bond donors (Lipinski definition) is 1. The van der Waals surface area contributed by atoms with Gasteiger partial charge in [0.25, 0.3) is 0 Å². The molecule has 1 aromatic rings. The highest BCUT2D eigenvalue weighted by molar-refractivity contribution is 5.83. The van der Waals surface area contributed by atoms with Gasteiger partial charge in [-0.2, -0.15) is 0 Å². The van der Waals surface area contributed by atoms with E-state index in [2.05, 4.69) is 45.1 Å². The average Bonchev–Trinajstić information content (AvgIpc) is 2.35. The lowest BCUT2D eigenvalue weighted by atomic mass is 9.84. The molecule has 0 saturated carbocycles. The minimum Gasteiger partial charge on any atom is -0.464 e. The molecule has 0 amide bonds. The quantitative estimate of drug-likeness (QED) is 0.810. The van der Waals surface area contributed by atoms with E-state index < -0.39 is 5.54 Å². The highest BCUT2D eigenvalue weighted by Crippen LogP contribution is 2.30. The molecule has 1 unspecified atom stereocenters. The predicted octanol–water partition coefficient (Wildman–Crippen LogP) is 3.39. The molecule has 0 aliphatic rings. The standard InChI is InChI=1S/C17H27NO2/c1-7-9-18-17(6,16(19)20-8-2)15-13(4)10-12(3)11-14(15)5/h10-11,18H,7-9H2,1-6H3. The van der Waals surface area contributed by atoms with Crippen molar-refractivity contribution in [2.24, 2.45) is 0 Å². The molecule has 20 heavy (non-hydrogen) atoms. The Bertz CT molecular complexity index is 459. The van der Waals surface area contributed by atoms with Crippen LogP contribution in [0.3, 0.4) is 0 Å². The maximum Gasteiger partial charge on any atom is 0.330 e. The third kappa shape index (κ3) is 3.40. The van der Waals surface area contributed by atoms with Crippen molar-refractivity contribution in [3.05, 3.63) is 34.4 Å². The van der Waals surface area contributed by atoms with Gasteiger partial charge in [-0.25, -0.2) is 4.79 Å². The maximum absolute atomic E-state index is 12.5. The molecule has 3 nitrogen and oxygen atoms in total. The molecule has 1 N–H and O–H groups in total. The normalized spacial score (nSPS) is 13.9. The third-order valence-corrected chi connectivity index (χ3v) is 3.59. The number of hydrogen-bond acceptors (Lipinski definition) is 3. The van der Waals surface area contributed by atoms with Crippen molar-refractivity contribution in [1.82, 2.24) is 5.32 Å². The maximum atomic E-state index is 12.5. The van der Waals surface area contributed by atoms with E-state index in [9.17, 15) is 4.79 Å². The van der Waals surface area contributed by atoms with E-state index in [1.165, 1.54) is 5.56 Å². The van der Waals surface area contributed by atoms with E-state index in [0.717, 1.165) is 29.7 Å². The van der Waals surface area contributed by atoms with Crippen LogP contribution < -0.4 is 5.32 Å². The highest BCUT2D eigenvalue weighted by atomic mass is 16.5. The summed E-state index contributed by atoms with van der Waals surface area (Å²) in [7, 11) is 0. The molecule has 1 rings (SSSR count). The van der Waals surface area contributed by atoms with Gasteiger partial charge in [0.1, 0.15) is 5.54 Å². The molecule has 1 aromatic carbocycles. The van der Waals surface area contributed by atoms with Crippen molar-refractivity contribution in [2.45, 2.75) is 53.5 Å². The average molecular weight is 277 g/mol. The van der Waals surface area contributed by atoms with E-state index in [1.54, 1.807) is 0 Å². The largest absolute Gasteiger partial charge is 0.464 e. The Labute approximate surface area is 122 Å². The zero-order valence-electron chi connectivity index (χ0n) is 13.6. The highest BCUT2D eigenvalue weighted by Gasteiger charge is 2.38. The van der Waals surface area contributed by atoms with Gasteiger partial charge in [0.05, 0.1) is 6.61 Å². The van der Waals surface area contributed by atoms with Gasteiger partial charge in [0.2, 0.25) is 0 Å². The van der Waals surface area contributed by atoms with Crippen LogP contribution in [0, 0.1) is 20.8 Å². The molecule has 0 bridgehead atoms. The van der Waals surface area contributed by atoms with Crippen LogP contribution in [0.4, 0.5) is 0 Å². The number of carbonyl (C=O) groups is 1. The molecular weight excluding hydrogens is 250 g/mol. The van der Waals surface area contributed by atoms with Gasteiger partial charge < -0.3 is 4.74 Å². The fourth-order valence-electron chi connectivity index (χ4n) is 2.88. The number of nitrogens with one attached hydrogen (secondary N) is 1. The second kappa shape index (κ2) is 6.89. The molecule has 0 aromatic heterocycles. The Morgan fingerprint density at radius 1 is 1.20 bits per heavy atom. The van der Waals surface area contributed by atoms with Crippen LogP contribution in [0.1, 0.15) is 49.4 Å². The van der Waals surface area contributed by atoms with Gasteiger partial charge in [0.15, 0.2) is 0 Å². The molecule has 0 heterocycles. The third-order valence-electron chi connectivity index (χ3n) is 3.59. The van der Waals surface area contributed by atoms with Gasteiger partial charge in [-0.05, 0) is 64.3 Å². The van der Waals surface area contributed by atoms with Crippen LogP contribution in [0.25, 0.3) is 0 Å². The molecule has 0 spiro atoms. The molecule has 112 valence electrons. The fourth-order valence-corrected chi connectivity index (χ4v) is 2.88. The smallest absolute Gasteiger partial charge is 0.330 e. The lowest BCUT2D eigenvalue weighted by molar-refractivity contribution is -0.151. The summed E-state index contributed by atoms with van der Waals surface area (Å²) in [6, 6.07) is 4.24. The number of benzene rings is 1. The van der Waals surface area contributed by atoms with Crippen molar-refractivity contribution < 1.29 is 9.53 Å². The van der Waals surface area contributed by atoms with Crippen molar-refractivity contribution in [2.75, 3.05) is 13.2 Å². The topological polar surface area (TPSA) is 38.3 Å². The Morgan fingerprint density at radius 3 is 2.20 bits per heavy atom. The van der Waals surface area contributed by atoms with Gasteiger partial charge >= 0.3 is 5.97 Å². The number of ether oxygens (including phenoxy) is 1. The molecule has 0 saturated heterocycles. The monoisotopic (exact) mass is 277 g/mol. The SMILES string of the molecule is CCCNC(C)(C(=O)OCC)c1c(C)cc(C)cc1C. The molecule has 3 heteroatoms. The number of rotatable bonds is 6. The lowest BCUT2D eigenvalue weighted by Gasteiger charge is -2.32. The van der Waals surface area contributed by atoms with Crippen molar-refractivity contribution in [3.63, 3.8) is 0 Å². The van der Waals surface area contributed by atoms with Crippen LogP contribution in [0.5, 0.6) is 0 Å². The molecule has 0 aliphatic heterocycles. The predicted molar refractivity (Wildman–Crippen MR) is 82.9 cm³/mol. The van der Waals surface area contributed by atoms with Crippen LogP contribution >= 0.6 is 0 Å². The summed E-state index contributed by atoms with van der Waals surface area (Å²) in [6.45, 7) is 13.2. The van der Waals surface area contributed by atoms with Crippen molar-refractivity contribution in [3.8, 4) is 0 Å². The molecule has 0 aliphatic carbocycles. The number of carbonyl (C=O) groups excluding carboxylic acids is 1. The fraction of sp³-hybridized carbons (Fsp3) is 0.588. The van der Waals surface area contributed by atoms with Gasteiger partial charge in [-0.15, -0.1) is 0 Å². The van der Waals surface area contributed by atoms with E-state index in [-0.39, 0.29) is 5.97 Å². The molecule has 0 fully saturated rings. The summed E-state index contributed by atoms with van der Waals surface area (Å²) in [5.41, 5.74) is 3.72. The molecule has 0 radical (unpaired) electrons. The Hall–Kier alpha value is -1.35. The second-order valence-corrected chi connectivity index (χ2v) is 5.55. The van der Waals surface area contributed by atoms with E-state index >= 15 is 0 Å². The Kier molecular flexibility index (Phi) is 5.75. The van der Waals surface area contributed by atoms with Crippen molar-refractivity contribution in [1.29, 1.82) is 0 Å².